The lowest BCUT2D eigenvalue weighted by Crippen LogP contribution is -2.39. The van der Waals surface area contributed by atoms with E-state index in [0.29, 0.717) is 23.0 Å². The van der Waals surface area contributed by atoms with Crippen molar-refractivity contribution in [3.8, 4) is 0 Å². The van der Waals surface area contributed by atoms with E-state index in [1.165, 1.54) is 17.0 Å². The molecule has 1 saturated carbocycles. The molecule has 4 N–H and O–H groups in total. The van der Waals surface area contributed by atoms with E-state index < -0.39 is 0 Å². The molecule has 184 valence electrons. The van der Waals surface area contributed by atoms with Crippen LogP contribution in [0.2, 0.25) is 0 Å². The van der Waals surface area contributed by atoms with Gasteiger partial charge >= 0.3 is 0 Å². The molecule has 4 aromatic rings. The molecular weight excluding hydrogens is 458 g/mol. The standard InChI is InChI=1S/C25H27N9O2/c1-16(35)29-18-7-9-19(10-8-18)31-23-13-20(30-17-5-3-2-4-6-17)24-27-14-21(34(24)33-23)25(36)32-22-11-12-26-15-28-22/h2-6,11-15,18-19,30H,7-10H2,1H3,(H,29,35)(H,31,33)(H,26,28,32,36)/t18-,19-. The van der Waals surface area contributed by atoms with Crippen molar-refractivity contribution in [3.05, 3.63) is 66.9 Å². The van der Waals surface area contributed by atoms with Crippen molar-refractivity contribution in [2.24, 2.45) is 0 Å². The third-order valence-corrected chi connectivity index (χ3v) is 6.06. The van der Waals surface area contributed by atoms with Gasteiger partial charge < -0.3 is 21.3 Å². The molecule has 0 radical (unpaired) electrons. The molecule has 36 heavy (non-hydrogen) atoms. The number of fused-ring (bicyclic) bond motifs is 1. The Morgan fingerprint density at radius 1 is 0.972 bits per heavy atom. The zero-order chi connectivity index (χ0) is 24.9. The number of aromatic nitrogens is 5. The van der Waals surface area contributed by atoms with Gasteiger partial charge in [0.05, 0.1) is 11.9 Å². The Balaban J connectivity index is 1.43. The van der Waals surface area contributed by atoms with Crippen LogP contribution < -0.4 is 21.3 Å². The van der Waals surface area contributed by atoms with Crippen LogP contribution in [0.4, 0.5) is 23.0 Å². The molecule has 3 aromatic heterocycles. The van der Waals surface area contributed by atoms with Crippen molar-refractivity contribution >= 4 is 40.5 Å². The molecule has 1 aromatic carbocycles. The second-order valence-electron chi connectivity index (χ2n) is 8.76. The minimum absolute atomic E-state index is 0.00281. The molecule has 0 spiro atoms. The molecule has 1 aliphatic rings. The van der Waals surface area contributed by atoms with Crippen molar-refractivity contribution in [3.63, 3.8) is 0 Å². The summed E-state index contributed by atoms with van der Waals surface area (Å²) in [6.07, 6.45) is 8.01. The minimum Gasteiger partial charge on any atom is -0.366 e. The number of rotatable bonds is 7. The van der Waals surface area contributed by atoms with Gasteiger partial charge in [-0.1, -0.05) is 18.2 Å². The van der Waals surface area contributed by atoms with E-state index in [0.717, 1.165) is 31.4 Å². The van der Waals surface area contributed by atoms with Crippen LogP contribution in [0.15, 0.2) is 61.2 Å². The molecule has 3 heterocycles. The second-order valence-corrected chi connectivity index (χ2v) is 8.76. The van der Waals surface area contributed by atoms with Gasteiger partial charge in [0.1, 0.15) is 18.0 Å². The van der Waals surface area contributed by atoms with Crippen LogP contribution in [0.3, 0.4) is 0 Å². The van der Waals surface area contributed by atoms with Gasteiger partial charge in [-0.05, 0) is 43.9 Å². The SMILES string of the molecule is CC(=O)N[C@H]1CC[C@H](Nc2cc(Nc3ccccc3)c3ncc(C(=O)Nc4ccncn4)n3n2)CC1. The van der Waals surface area contributed by atoms with Gasteiger partial charge in [0.15, 0.2) is 11.3 Å². The summed E-state index contributed by atoms with van der Waals surface area (Å²) in [5.74, 6) is 0.631. The summed E-state index contributed by atoms with van der Waals surface area (Å²) in [6.45, 7) is 1.55. The third kappa shape index (κ3) is 5.40. The van der Waals surface area contributed by atoms with E-state index in [2.05, 4.69) is 36.2 Å². The fourth-order valence-corrected chi connectivity index (χ4v) is 4.39. The van der Waals surface area contributed by atoms with Gasteiger partial charge in [-0.15, -0.1) is 5.10 Å². The lowest BCUT2D eigenvalue weighted by molar-refractivity contribution is -0.119. The lowest BCUT2D eigenvalue weighted by Gasteiger charge is -2.29. The summed E-state index contributed by atoms with van der Waals surface area (Å²) < 4.78 is 1.53. The molecule has 0 atom stereocenters. The zero-order valence-electron chi connectivity index (χ0n) is 19.8. The zero-order valence-corrected chi connectivity index (χ0v) is 19.8. The summed E-state index contributed by atoms with van der Waals surface area (Å²) in [6, 6.07) is 13.7. The number of carbonyl (C=O) groups excluding carboxylic acids is 2. The maximum atomic E-state index is 13.0. The second kappa shape index (κ2) is 10.4. The number of amides is 2. The van der Waals surface area contributed by atoms with Gasteiger partial charge in [0, 0.05) is 37.0 Å². The van der Waals surface area contributed by atoms with E-state index in [9.17, 15) is 9.59 Å². The first-order chi connectivity index (χ1) is 17.5. The molecule has 1 fully saturated rings. The van der Waals surface area contributed by atoms with Crippen LogP contribution >= 0.6 is 0 Å². The van der Waals surface area contributed by atoms with E-state index in [4.69, 9.17) is 5.10 Å². The normalized spacial score (nSPS) is 17.4. The molecule has 11 heteroatoms. The van der Waals surface area contributed by atoms with Crippen LogP contribution in [-0.4, -0.2) is 48.5 Å². The van der Waals surface area contributed by atoms with Crippen molar-refractivity contribution in [2.45, 2.75) is 44.7 Å². The first-order valence-corrected chi connectivity index (χ1v) is 11.9. The predicted octanol–water partition coefficient (Wildman–Crippen LogP) is 3.37. The number of imidazole rings is 1. The summed E-state index contributed by atoms with van der Waals surface area (Å²) in [5.41, 5.74) is 2.40. The van der Waals surface area contributed by atoms with E-state index in [1.54, 1.807) is 19.2 Å². The summed E-state index contributed by atoms with van der Waals surface area (Å²) in [7, 11) is 0. The van der Waals surface area contributed by atoms with Gasteiger partial charge in [0.2, 0.25) is 5.91 Å². The van der Waals surface area contributed by atoms with Crippen LogP contribution in [0.25, 0.3) is 5.65 Å². The highest BCUT2D eigenvalue weighted by Gasteiger charge is 2.23. The van der Waals surface area contributed by atoms with Crippen LogP contribution in [-0.2, 0) is 4.79 Å². The third-order valence-electron chi connectivity index (χ3n) is 6.06. The monoisotopic (exact) mass is 485 g/mol. The Kier molecular flexibility index (Phi) is 6.69. The van der Waals surface area contributed by atoms with Gasteiger partial charge in [-0.2, -0.15) is 0 Å². The van der Waals surface area contributed by atoms with Crippen molar-refractivity contribution < 1.29 is 9.59 Å². The maximum Gasteiger partial charge on any atom is 0.277 e. The predicted molar refractivity (Wildman–Crippen MR) is 136 cm³/mol. The molecule has 1 aliphatic carbocycles. The number of carbonyl (C=O) groups is 2. The molecule has 0 aliphatic heterocycles. The molecule has 0 bridgehead atoms. The fourth-order valence-electron chi connectivity index (χ4n) is 4.39. The highest BCUT2D eigenvalue weighted by Crippen LogP contribution is 2.27. The highest BCUT2D eigenvalue weighted by atomic mass is 16.2. The maximum absolute atomic E-state index is 13.0. The summed E-state index contributed by atoms with van der Waals surface area (Å²) in [5, 5.41) is 17.4. The van der Waals surface area contributed by atoms with Crippen LogP contribution in [0.5, 0.6) is 0 Å². The number of hydrogen-bond acceptors (Lipinski definition) is 8. The molecular formula is C25H27N9O2. The number of nitrogens with one attached hydrogen (secondary N) is 4. The lowest BCUT2D eigenvalue weighted by atomic mass is 9.91. The largest absolute Gasteiger partial charge is 0.366 e. The first kappa shape index (κ1) is 23.2. The Hall–Kier alpha value is -4.54. The quantitative estimate of drug-likeness (QED) is 0.313. The molecule has 11 nitrogen and oxygen atoms in total. The Labute approximate surface area is 207 Å². The average Bonchev–Trinajstić information content (AvgIpc) is 3.31. The molecule has 2 amide bonds. The van der Waals surface area contributed by atoms with E-state index in [-0.39, 0.29) is 29.6 Å². The van der Waals surface area contributed by atoms with Gasteiger partial charge in [0.25, 0.3) is 5.91 Å². The fraction of sp³-hybridized carbons (Fsp3) is 0.280. The van der Waals surface area contributed by atoms with Crippen LogP contribution in [0.1, 0.15) is 43.1 Å². The van der Waals surface area contributed by atoms with Crippen molar-refractivity contribution in [1.29, 1.82) is 0 Å². The highest BCUT2D eigenvalue weighted by molar-refractivity contribution is 6.03. The summed E-state index contributed by atoms with van der Waals surface area (Å²) >= 11 is 0. The first-order valence-electron chi connectivity index (χ1n) is 11.9. The number of hydrogen-bond donors (Lipinski definition) is 4. The van der Waals surface area contributed by atoms with Crippen LogP contribution in [0, 0.1) is 0 Å². The summed E-state index contributed by atoms with van der Waals surface area (Å²) in [4.78, 5) is 36.8. The molecule has 5 rings (SSSR count). The Bertz CT molecular complexity index is 1350. The van der Waals surface area contributed by atoms with Gasteiger partial charge in [-0.25, -0.2) is 19.5 Å². The van der Waals surface area contributed by atoms with Gasteiger partial charge in [-0.3, -0.25) is 9.59 Å². The number of nitrogens with zero attached hydrogens (tertiary/aromatic N) is 5. The Morgan fingerprint density at radius 2 is 1.75 bits per heavy atom. The topological polar surface area (TPSA) is 138 Å². The average molecular weight is 486 g/mol. The Morgan fingerprint density at radius 3 is 2.47 bits per heavy atom. The number of benzene rings is 1. The van der Waals surface area contributed by atoms with E-state index in [1.807, 2.05) is 36.4 Å². The van der Waals surface area contributed by atoms with Crippen molar-refractivity contribution in [2.75, 3.05) is 16.0 Å². The number of anilines is 4. The molecule has 0 unspecified atom stereocenters. The number of para-hydroxylation sites is 1. The van der Waals surface area contributed by atoms with Crippen molar-refractivity contribution in [1.82, 2.24) is 29.9 Å². The smallest absolute Gasteiger partial charge is 0.277 e. The van der Waals surface area contributed by atoms with E-state index >= 15 is 0 Å². The minimum atomic E-state index is -0.382. The molecule has 0 saturated heterocycles.